The third-order valence-electron chi connectivity index (χ3n) is 12.1. The van der Waals surface area contributed by atoms with Crippen molar-refractivity contribution in [1.82, 2.24) is 4.90 Å². The average Bonchev–Trinajstić information content (AvgIpc) is 3.12. The zero-order valence-corrected chi connectivity index (χ0v) is 33.7. The first-order chi connectivity index (χ1) is 24.9. The molecule has 12 heteroatoms. The Hall–Kier alpha value is -2.00. The number of aliphatic hydroxyl groups excluding tert-OH is 3. The average molecular weight is 750 g/mol. The summed E-state index contributed by atoms with van der Waals surface area (Å²) in [6, 6.07) is 9.41. The Bertz CT molecular complexity index is 1300. The molecule has 1 aromatic carbocycles. The normalized spacial score (nSPS) is 44.0. The SMILES string of the molecule is CO[C@@H]1C[C@H](OC2[C@@H](C)C(=O)O[C@H](Cc3ccccc3)[C@H](C)[C@H](O)[C@@H](C)C(=O)[C@H](C)C[C@H](C)[C@H](O[C@@H]3O[C@H](C)C[C@H](N(C)C)[C@H]3O)[C@H]2C)O[C@@H](C)[C@@H]1O. The minimum absolute atomic E-state index is 0.0883. The first kappa shape index (κ1) is 43.7. The molecule has 3 N–H and O–H groups in total. The summed E-state index contributed by atoms with van der Waals surface area (Å²) in [5.74, 6) is -3.96. The standard InChI is InChI=1S/C41H67NO11/c1-21-17-22(2)38(53-41-37(46)30(42(9)10)18-23(3)49-41)26(6)39(52-33-20-32(48-11)36(45)28(8)50-33)27(7)40(47)51-31(19-29-15-13-12-14-16-29)24(4)35(44)25(5)34(21)43/h12-16,21-28,30-33,35-39,41,44-46H,17-20H2,1-11H3/t21-,22+,23-,24+,25+,26-,27-,28+,30+,31-,32-,33+,35+,36+,37-,38+,39?,41+/m1/s1. The highest BCUT2D eigenvalue weighted by atomic mass is 16.7. The zero-order chi connectivity index (χ0) is 39.3. The lowest BCUT2D eigenvalue weighted by Gasteiger charge is -2.46. The van der Waals surface area contributed by atoms with Crippen LogP contribution in [0.4, 0.5) is 0 Å². The van der Waals surface area contributed by atoms with Crippen LogP contribution in [0.15, 0.2) is 30.3 Å². The number of carbonyl (C=O) groups is 2. The zero-order valence-electron chi connectivity index (χ0n) is 33.7. The number of esters is 1. The molecule has 0 spiro atoms. The molecule has 0 bridgehead atoms. The summed E-state index contributed by atoms with van der Waals surface area (Å²) in [6.07, 6.45) is -6.66. The molecule has 0 amide bonds. The van der Waals surface area contributed by atoms with E-state index in [0.717, 1.165) is 5.56 Å². The highest BCUT2D eigenvalue weighted by Gasteiger charge is 2.47. The van der Waals surface area contributed by atoms with Crippen LogP contribution in [0.25, 0.3) is 0 Å². The summed E-state index contributed by atoms with van der Waals surface area (Å²) in [4.78, 5) is 30.3. The molecule has 0 radical (unpaired) electrons. The summed E-state index contributed by atoms with van der Waals surface area (Å²) >= 11 is 0. The van der Waals surface area contributed by atoms with Crippen molar-refractivity contribution in [3.63, 3.8) is 0 Å². The van der Waals surface area contributed by atoms with Crippen molar-refractivity contribution in [3.05, 3.63) is 35.9 Å². The predicted molar refractivity (Wildman–Crippen MR) is 199 cm³/mol. The summed E-state index contributed by atoms with van der Waals surface area (Å²) in [7, 11) is 5.36. The number of hydrogen-bond acceptors (Lipinski definition) is 12. The van der Waals surface area contributed by atoms with E-state index in [2.05, 4.69) is 0 Å². The highest BCUT2D eigenvalue weighted by molar-refractivity contribution is 5.83. The van der Waals surface area contributed by atoms with Crippen LogP contribution in [-0.2, 0) is 44.4 Å². The molecule has 3 saturated heterocycles. The molecule has 4 rings (SSSR count). The van der Waals surface area contributed by atoms with E-state index in [9.17, 15) is 24.9 Å². The Kier molecular flexibility index (Phi) is 15.9. The van der Waals surface area contributed by atoms with Crippen molar-refractivity contribution < 1.29 is 53.3 Å². The summed E-state index contributed by atoms with van der Waals surface area (Å²) in [5.41, 5.74) is 0.930. The maximum Gasteiger partial charge on any atom is 0.311 e. The number of methoxy groups -OCH3 is 1. The first-order valence-corrected chi connectivity index (χ1v) is 19.6. The van der Waals surface area contributed by atoms with Crippen molar-refractivity contribution >= 4 is 11.8 Å². The monoisotopic (exact) mass is 749 g/mol. The van der Waals surface area contributed by atoms with E-state index in [4.69, 9.17) is 28.4 Å². The van der Waals surface area contributed by atoms with E-state index in [1.54, 1.807) is 20.8 Å². The van der Waals surface area contributed by atoms with Crippen LogP contribution in [0.1, 0.15) is 80.2 Å². The third-order valence-corrected chi connectivity index (χ3v) is 12.1. The topological polar surface area (TPSA) is 153 Å². The molecule has 53 heavy (non-hydrogen) atoms. The molecular formula is C41H67NO11. The van der Waals surface area contributed by atoms with E-state index >= 15 is 0 Å². The number of cyclic esters (lactones) is 1. The Balaban J connectivity index is 1.78. The van der Waals surface area contributed by atoms with Gasteiger partial charge in [-0.3, -0.25) is 9.59 Å². The van der Waals surface area contributed by atoms with Crippen LogP contribution >= 0.6 is 0 Å². The molecular weight excluding hydrogens is 682 g/mol. The van der Waals surface area contributed by atoms with E-state index in [0.29, 0.717) is 19.3 Å². The minimum Gasteiger partial charge on any atom is -0.461 e. The fraction of sp³-hybridized carbons (Fsp3) is 0.805. The number of likely N-dealkylation sites (N-methyl/N-ethyl adjacent to an activating group) is 1. The molecule has 3 aliphatic rings. The van der Waals surface area contributed by atoms with Crippen LogP contribution in [0.3, 0.4) is 0 Å². The van der Waals surface area contributed by atoms with Gasteiger partial charge < -0.3 is 48.6 Å². The second kappa shape index (κ2) is 19.2. The molecule has 1 aromatic rings. The number of hydrogen-bond donors (Lipinski definition) is 3. The van der Waals surface area contributed by atoms with Crippen molar-refractivity contribution in [1.29, 1.82) is 0 Å². The number of rotatable bonds is 8. The smallest absolute Gasteiger partial charge is 0.311 e. The van der Waals surface area contributed by atoms with Crippen LogP contribution in [-0.4, -0.2) is 127 Å². The second-order valence-electron chi connectivity index (χ2n) is 16.5. The van der Waals surface area contributed by atoms with Gasteiger partial charge in [-0.2, -0.15) is 0 Å². The number of carbonyl (C=O) groups excluding carboxylic acids is 2. The van der Waals surface area contributed by atoms with Gasteiger partial charge in [0.2, 0.25) is 0 Å². The summed E-state index contributed by atoms with van der Waals surface area (Å²) < 4.78 is 37.9. The van der Waals surface area contributed by atoms with E-state index in [1.165, 1.54) is 7.11 Å². The Labute approximate surface area is 316 Å². The third kappa shape index (κ3) is 10.7. The molecule has 3 aliphatic heterocycles. The van der Waals surface area contributed by atoms with Gasteiger partial charge in [0.1, 0.15) is 24.1 Å². The molecule has 302 valence electrons. The van der Waals surface area contributed by atoms with Crippen molar-refractivity contribution in [3.8, 4) is 0 Å². The summed E-state index contributed by atoms with van der Waals surface area (Å²) in [5, 5.41) is 33.9. The fourth-order valence-corrected chi connectivity index (χ4v) is 8.65. The number of Topliss-reactive ketones (excluding diaryl/α,β-unsaturated/α-hetero) is 1. The van der Waals surface area contributed by atoms with Gasteiger partial charge in [0, 0.05) is 49.7 Å². The van der Waals surface area contributed by atoms with Gasteiger partial charge in [-0.1, -0.05) is 65.0 Å². The number of benzene rings is 1. The van der Waals surface area contributed by atoms with Gasteiger partial charge in [-0.25, -0.2) is 0 Å². The molecule has 1 unspecified atom stereocenters. The van der Waals surface area contributed by atoms with Crippen molar-refractivity contribution in [2.75, 3.05) is 21.2 Å². The molecule has 0 saturated carbocycles. The Morgan fingerprint density at radius 1 is 0.774 bits per heavy atom. The molecule has 12 nitrogen and oxygen atoms in total. The largest absolute Gasteiger partial charge is 0.461 e. The molecule has 0 aromatic heterocycles. The molecule has 18 atom stereocenters. The van der Waals surface area contributed by atoms with E-state index < -0.39 is 97.0 Å². The maximum absolute atomic E-state index is 14.4. The van der Waals surface area contributed by atoms with Gasteiger partial charge in [0.05, 0.1) is 42.5 Å². The van der Waals surface area contributed by atoms with Crippen LogP contribution in [0.2, 0.25) is 0 Å². The summed E-state index contributed by atoms with van der Waals surface area (Å²) in [6.45, 7) is 14.8. The van der Waals surface area contributed by atoms with E-state index in [1.807, 2.05) is 83.9 Å². The lowest BCUT2D eigenvalue weighted by atomic mass is 9.76. The minimum atomic E-state index is -1.07. The lowest BCUT2D eigenvalue weighted by molar-refractivity contribution is -0.299. The predicted octanol–water partition coefficient (Wildman–Crippen LogP) is 4.00. The number of ketones is 1. The van der Waals surface area contributed by atoms with Crippen molar-refractivity contribution in [2.24, 2.45) is 35.5 Å². The quantitative estimate of drug-likeness (QED) is 0.330. The van der Waals surface area contributed by atoms with Crippen LogP contribution < -0.4 is 0 Å². The molecule has 0 aliphatic carbocycles. The number of aliphatic hydroxyl groups is 3. The Morgan fingerprint density at radius 2 is 1.43 bits per heavy atom. The number of ether oxygens (including phenoxy) is 6. The van der Waals surface area contributed by atoms with Crippen LogP contribution in [0, 0.1) is 35.5 Å². The van der Waals surface area contributed by atoms with E-state index in [-0.39, 0.29) is 30.3 Å². The molecule has 3 heterocycles. The van der Waals surface area contributed by atoms with Crippen molar-refractivity contribution in [2.45, 2.75) is 155 Å². The lowest BCUT2D eigenvalue weighted by Crippen LogP contribution is -2.57. The van der Waals surface area contributed by atoms with Gasteiger partial charge >= 0.3 is 5.97 Å². The van der Waals surface area contributed by atoms with Crippen LogP contribution in [0.5, 0.6) is 0 Å². The van der Waals surface area contributed by atoms with Gasteiger partial charge in [0.25, 0.3) is 0 Å². The Morgan fingerprint density at radius 3 is 2.06 bits per heavy atom. The van der Waals surface area contributed by atoms with Gasteiger partial charge in [0.15, 0.2) is 12.6 Å². The molecule has 3 fully saturated rings. The highest BCUT2D eigenvalue weighted by Crippen LogP contribution is 2.37. The number of nitrogens with zero attached hydrogens (tertiary/aromatic N) is 1. The first-order valence-electron chi connectivity index (χ1n) is 19.6. The maximum atomic E-state index is 14.4. The second-order valence-corrected chi connectivity index (χ2v) is 16.5. The van der Waals surface area contributed by atoms with Gasteiger partial charge in [-0.15, -0.1) is 0 Å². The van der Waals surface area contributed by atoms with Gasteiger partial charge in [-0.05, 0) is 59.2 Å². The fourth-order valence-electron chi connectivity index (χ4n) is 8.65.